The van der Waals surface area contributed by atoms with E-state index in [0.717, 1.165) is 22.6 Å². The van der Waals surface area contributed by atoms with E-state index < -0.39 is 0 Å². The Bertz CT molecular complexity index is 1060. The van der Waals surface area contributed by atoms with Gasteiger partial charge in [-0.15, -0.1) is 25.3 Å². The molecule has 0 unspecified atom stereocenters. The number of thiol groups is 2. The third kappa shape index (κ3) is 3.31. The van der Waals surface area contributed by atoms with Crippen LogP contribution in [0.4, 0.5) is 0 Å². The summed E-state index contributed by atoms with van der Waals surface area (Å²) in [4.78, 5) is 2.00. The molecular formula is C27H22S2. The average molecular weight is 411 g/mol. The molecule has 0 bridgehead atoms. The van der Waals surface area contributed by atoms with Gasteiger partial charge >= 0.3 is 0 Å². The Labute approximate surface area is 183 Å². The van der Waals surface area contributed by atoms with Gasteiger partial charge in [-0.2, -0.15) is 0 Å². The topological polar surface area (TPSA) is 0 Å². The van der Waals surface area contributed by atoms with Crippen molar-refractivity contribution in [3.05, 3.63) is 119 Å². The molecule has 1 aliphatic carbocycles. The Morgan fingerprint density at radius 1 is 0.483 bits per heavy atom. The summed E-state index contributed by atoms with van der Waals surface area (Å²) in [6, 6.07) is 35.0. The lowest BCUT2D eigenvalue weighted by Gasteiger charge is -2.33. The summed E-state index contributed by atoms with van der Waals surface area (Å²) in [5.74, 6) is 0. The Hall–Kier alpha value is -2.42. The van der Waals surface area contributed by atoms with Gasteiger partial charge in [0, 0.05) is 15.2 Å². The monoisotopic (exact) mass is 410 g/mol. The largest absolute Gasteiger partial charge is 0.143 e. The van der Waals surface area contributed by atoms with Crippen LogP contribution in [0.3, 0.4) is 0 Å². The standard InChI is InChI=1S/C27H22S2/c28-21-13-9-19(10-14-21)17-27(18-20-11-15-22(29)16-12-20)25-7-3-1-5-23(25)24-6-2-4-8-26(24)27/h1-16,28-29H,17-18H2. The van der Waals surface area contributed by atoms with Gasteiger partial charge in [-0.1, -0.05) is 72.8 Å². The summed E-state index contributed by atoms with van der Waals surface area (Å²) >= 11 is 8.95. The van der Waals surface area contributed by atoms with Crippen molar-refractivity contribution in [2.75, 3.05) is 0 Å². The molecule has 0 amide bonds. The first kappa shape index (κ1) is 18.6. The highest BCUT2D eigenvalue weighted by molar-refractivity contribution is 7.80. The molecule has 0 N–H and O–H groups in total. The van der Waals surface area contributed by atoms with Gasteiger partial charge in [-0.25, -0.2) is 0 Å². The zero-order valence-corrected chi connectivity index (χ0v) is 17.8. The predicted octanol–water partition coefficient (Wildman–Crippen LogP) is 7.02. The Morgan fingerprint density at radius 2 is 0.862 bits per heavy atom. The zero-order valence-electron chi connectivity index (χ0n) is 16.0. The normalized spacial score (nSPS) is 13.7. The minimum absolute atomic E-state index is 0.0938. The van der Waals surface area contributed by atoms with Gasteiger partial charge in [-0.3, -0.25) is 0 Å². The van der Waals surface area contributed by atoms with Gasteiger partial charge in [0.05, 0.1) is 0 Å². The lowest BCUT2D eigenvalue weighted by atomic mass is 9.69. The summed E-state index contributed by atoms with van der Waals surface area (Å²) in [5.41, 5.74) is 8.14. The maximum Gasteiger partial charge on any atom is 0.0295 e. The summed E-state index contributed by atoms with van der Waals surface area (Å²) in [7, 11) is 0. The summed E-state index contributed by atoms with van der Waals surface area (Å²) in [6.45, 7) is 0. The fourth-order valence-corrected chi connectivity index (χ4v) is 5.08. The van der Waals surface area contributed by atoms with Crippen molar-refractivity contribution in [3.63, 3.8) is 0 Å². The van der Waals surface area contributed by atoms with Crippen LogP contribution in [0.2, 0.25) is 0 Å². The van der Waals surface area contributed by atoms with Crippen LogP contribution in [0.25, 0.3) is 11.1 Å². The minimum atomic E-state index is -0.0938. The molecule has 0 spiro atoms. The van der Waals surface area contributed by atoms with E-state index >= 15 is 0 Å². The van der Waals surface area contributed by atoms with E-state index in [1.54, 1.807) is 0 Å². The lowest BCUT2D eigenvalue weighted by Crippen LogP contribution is -2.31. The molecule has 2 heteroatoms. The van der Waals surface area contributed by atoms with Crippen LogP contribution < -0.4 is 0 Å². The quantitative estimate of drug-likeness (QED) is 0.332. The van der Waals surface area contributed by atoms with E-state index in [-0.39, 0.29) is 5.41 Å². The molecule has 4 aromatic rings. The lowest BCUT2D eigenvalue weighted by molar-refractivity contribution is 0.519. The van der Waals surface area contributed by atoms with Crippen LogP contribution in [-0.4, -0.2) is 0 Å². The maximum atomic E-state index is 4.47. The predicted molar refractivity (Wildman–Crippen MR) is 127 cm³/mol. The number of hydrogen-bond donors (Lipinski definition) is 2. The second kappa shape index (κ2) is 7.44. The number of hydrogen-bond acceptors (Lipinski definition) is 2. The fraction of sp³-hybridized carbons (Fsp3) is 0.111. The third-order valence-electron chi connectivity index (χ3n) is 6.06. The summed E-state index contributed by atoms with van der Waals surface area (Å²) in [5, 5.41) is 0. The van der Waals surface area contributed by atoms with E-state index in [1.807, 2.05) is 0 Å². The SMILES string of the molecule is Sc1ccc(CC2(Cc3ccc(S)cc3)c3ccccc3-c3ccccc32)cc1. The molecule has 5 rings (SSSR count). The van der Waals surface area contributed by atoms with Crippen molar-refractivity contribution in [1.82, 2.24) is 0 Å². The van der Waals surface area contributed by atoms with Crippen LogP contribution >= 0.6 is 25.3 Å². The van der Waals surface area contributed by atoms with Crippen molar-refractivity contribution < 1.29 is 0 Å². The van der Waals surface area contributed by atoms with Crippen molar-refractivity contribution in [3.8, 4) is 11.1 Å². The van der Waals surface area contributed by atoms with Gasteiger partial charge < -0.3 is 0 Å². The third-order valence-corrected chi connectivity index (χ3v) is 6.66. The highest BCUT2D eigenvalue weighted by atomic mass is 32.1. The maximum absolute atomic E-state index is 4.47. The first-order valence-electron chi connectivity index (χ1n) is 9.91. The van der Waals surface area contributed by atoms with Gasteiger partial charge in [0.2, 0.25) is 0 Å². The van der Waals surface area contributed by atoms with Crippen LogP contribution in [0, 0.1) is 0 Å². The molecule has 0 atom stereocenters. The van der Waals surface area contributed by atoms with E-state index in [4.69, 9.17) is 0 Å². The minimum Gasteiger partial charge on any atom is -0.143 e. The van der Waals surface area contributed by atoms with E-state index in [9.17, 15) is 0 Å². The fourth-order valence-electron chi connectivity index (χ4n) is 4.78. The summed E-state index contributed by atoms with van der Waals surface area (Å²) in [6.07, 6.45) is 1.91. The van der Waals surface area contributed by atoms with Gasteiger partial charge in [0.25, 0.3) is 0 Å². The first-order valence-corrected chi connectivity index (χ1v) is 10.8. The van der Waals surface area contributed by atoms with Crippen molar-refractivity contribution in [2.45, 2.75) is 28.0 Å². The molecule has 0 radical (unpaired) electrons. The van der Waals surface area contributed by atoms with E-state index in [2.05, 4.69) is 122 Å². The molecule has 0 saturated heterocycles. The molecule has 4 aromatic carbocycles. The molecule has 0 fully saturated rings. The number of rotatable bonds is 4. The second-order valence-electron chi connectivity index (χ2n) is 7.86. The van der Waals surface area contributed by atoms with Crippen molar-refractivity contribution in [2.24, 2.45) is 0 Å². The Kier molecular flexibility index (Phi) is 4.77. The van der Waals surface area contributed by atoms with Gasteiger partial charge in [-0.05, 0) is 70.5 Å². The van der Waals surface area contributed by atoms with Gasteiger partial charge in [0.15, 0.2) is 0 Å². The van der Waals surface area contributed by atoms with Crippen molar-refractivity contribution >= 4 is 25.3 Å². The zero-order chi connectivity index (χ0) is 19.8. The second-order valence-corrected chi connectivity index (χ2v) is 8.89. The molecule has 142 valence electrons. The van der Waals surface area contributed by atoms with Crippen LogP contribution in [0.1, 0.15) is 22.3 Å². The first-order chi connectivity index (χ1) is 14.2. The van der Waals surface area contributed by atoms with E-state index in [1.165, 1.54) is 33.4 Å². The van der Waals surface area contributed by atoms with Gasteiger partial charge in [0.1, 0.15) is 0 Å². The Morgan fingerprint density at radius 3 is 1.28 bits per heavy atom. The molecule has 0 aromatic heterocycles. The van der Waals surface area contributed by atoms with E-state index in [0.29, 0.717) is 0 Å². The number of benzene rings is 4. The van der Waals surface area contributed by atoms with Crippen LogP contribution in [-0.2, 0) is 18.3 Å². The van der Waals surface area contributed by atoms with Crippen LogP contribution in [0.15, 0.2) is 107 Å². The highest BCUT2D eigenvalue weighted by Crippen LogP contribution is 2.52. The molecule has 0 saturated carbocycles. The average Bonchev–Trinajstić information content (AvgIpc) is 3.02. The molecule has 1 aliphatic rings. The number of fused-ring (bicyclic) bond motifs is 3. The van der Waals surface area contributed by atoms with Crippen molar-refractivity contribution in [1.29, 1.82) is 0 Å². The van der Waals surface area contributed by atoms with Crippen LogP contribution in [0.5, 0.6) is 0 Å². The smallest absolute Gasteiger partial charge is 0.0295 e. The molecule has 0 aliphatic heterocycles. The Balaban J connectivity index is 1.71. The molecular weight excluding hydrogens is 388 g/mol. The molecule has 0 heterocycles. The molecule has 0 nitrogen and oxygen atoms in total. The summed E-state index contributed by atoms with van der Waals surface area (Å²) < 4.78 is 0. The highest BCUT2D eigenvalue weighted by Gasteiger charge is 2.42. The molecule has 29 heavy (non-hydrogen) atoms.